The normalized spacial score (nSPS) is 6.94. The molecule has 97 valence electrons. The quantitative estimate of drug-likeness (QED) is 0.275. The van der Waals surface area contributed by atoms with Gasteiger partial charge in [-0.3, -0.25) is 14.4 Å². The maximum atomic E-state index is 9.00. The summed E-state index contributed by atoms with van der Waals surface area (Å²) in [4.78, 5) is 48.8. The summed E-state index contributed by atoms with van der Waals surface area (Å²) in [5, 5.41) is 22.2. The van der Waals surface area contributed by atoms with Gasteiger partial charge in [0.2, 0.25) is 0 Å². The molecule has 16 heavy (non-hydrogen) atoms. The van der Waals surface area contributed by atoms with E-state index in [9.17, 15) is 0 Å². The minimum Gasteiger partial charge on any atom is -0.481 e. The Hall–Kier alpha value is -1.49. The SMILES string of the molecule is CC(=O)O.CC(=O)O.CC(=O)O.O[Si](O)O. The first-order valence-electron chi connectivity index (χ1n) is 3.45. The van der Waals surface area contributed by atoms with Gasteiger partial charge in [-0.15, -0.1) is 0 Å². The molecule has 0 aliphatic heterocycles. The van der Waals surface area contributed by atoms with E-state index in [1.54, 1.807) is 0 Å². The Kier molecular flexibility index (Phi) is 28.7. The number of carbonyl (C=O) groups is 3. The smallest absolute Gasteiger partial charge is 0.481 e. The van der Waals surface area contributed by atoms with Crippen LogP contribution in [0.4, 0.5) is 0 Å². The van der Waals surface area contributed by atoms with E-state index in [-0.39, 0.29) is 0 Å². The molecule has 0 fully saturated rings. The summed E-state index contributed by atoms with van der Waals surface area (Å²) in [6.45, 7) is 3.25. The van der Waals surface area contributed by atoms with E-state index >= 15 is 0 Å². The summed E-state index contributed by atoms with van der Waals surface area (Å²) in [5.74, 6) is -2.50. The van der Waals surface area contributed by atoms with Gasteiger partial charge in [0.15, 0.2) is 0 Å². The van der Waals surface area contributed by atoms with E-state index in [1.165, 1.54) is 0 Å². The first-order chi connectivity index (χ1) is 6.93. The van der Waals surface area contributed by atoms with Crippen LogP contribution in [0.15, 0.2) is 0 Å². The molecule has 1 radical (unpaired) electrons. The van der Waals surface area contributed by atoms with Crippen LogP contribution >= 0.6 is 0 Å². The minimum absolute atomic E-state index is 0.833. The van der Waals surface area contributed by atoms with Crippen molar-refractivity contribution in [3.8, 4) is 0 Å². The Morgan fingerprint density at radius 1 is 0.688 bits per heavy atom. The first kappa shape index (κ1) is 24.0. The monoisotopic (exact) mass is 259 g/mol. The number of hydrogen-bond donors (Lipinski definition) is 6. The van der Waals surface area contributed by atoms with Crippen LogP contribution in [0.25, 0.3) is 0 Å². The second-order valence-electron chi connectivity index (χ2n) is 1.86. The van der Waals surface area contributed by atoms with Gasteiger partial charge in [0, 0.05) is 20.8 Å². The number of rotatable bonds is 0. The molecule has 10 heteroatoms. The van der Waals surface area contributed by atoms with Crippen LogP contribution in [0.5, 0.6) is 0 Å². The van der Waals surface area contributed by atoms with Crippen LogP contribution in [-0.4, -0.2) is 57.1 Å². The number of hydrogen-bond acceptors (Lipinski definition) is 6. The van der Waals surface area contributed by atoms with E-state index < -0.39 is 27.4 Å². The van der Waals surface area contributed by atoms with Gasteiger partial charge in [0.25, 0.3) is 17.9 Å². The molecule has 0 saturated heterocycles. The Bertz CT molecular complexity index is 147. The van der Waals surface area contributed by atoms with Crippen LogP contribution in [0, 0.1) is 0 Å². The maximum absolute atomic E-state index is 9.00. The molecule has 0 aromatic carbocycles. The summed E-state index contributed by atoms with van der Waals surface area (Å²) in [6.07, 6.45) is 0. The highest BCUT2D eigenvalue weighted by molar-refractivity contribution is 6.30. The third kappa shape index (κ3) is 743. The minimum atomic E-state index is -2.88. The van der Waals surface area contributed by atoms with E-state index in [0.29, 0.717) is 0 Å². The van der Waals surface area contributed by atoms with E-state index in [2.05, 4.69) is 0 Å². The van der Waals surface area contributed by atoms with Crippen molar-refractivity contribution >= 4 is 27.4 Å². The second-order valence-corrected chi connectivity index (χ2v) is 2.46. The van der Waals surface area contributed by atoms with Crippen molar-refractivity contribution in [2.24, 2.45) is 0 Å². The molecule has 0 bridgehead atoms. The lowest BCUT2D eigenvalue weighted by Crippen LogP contribution is -2.07. The number of carboxylic acid groups (broad SMARTS) is 3. The summed E-state index contributed by atoms with van der Waals surface area (Å²) in [5.41, 5.74) is 0. The van der Waals surface area contributed by atoms with Gasteiger partial charge in [0.05, 0.1) is 0 Å². The second kappa shape index (κ2) is 19.1. The molecule has 0 unspecified atom stereocenters. The van der Waals surface area contributed by atoms with E-state index in [4.69, 9.17) is 44.1 Å². The zero-order chi connectivity index (χ0) is 14.3. The molecule has 9 nitrogen and oxygen atoms in total. The number of carboxylic acids is 3. The van der Waals surface area contributed by atoms with Crippen molar-refractivity contribution in [1.29, 1.82) is 0 Å². The fourth-order valence-electron chi connectivity index (χ4n) is 0. The standard InChI is InChI=1S/3C2H4O2.H3O3Si/c3*1-2(3)4;1-4(2)3/h3*1H3,(H,3,4);1-3H. The third-order valence-electron chi connectivity index (χ3n) is 0. The lowest BCUT2D eigenvalue weighted by Gasteiger charge is -1.71. The van der Waals surface area contributed by atoms with Crippen LogP contribution in [0.2, 0.25) is 0 Å². The topological polar surface area (TPSA) is 173 Å². The van der Waals surface area contributed by atoms with Gasteiger partial charge in [-0.2, -0.15) is 0 Å². The lowest BCUT2D eigenvalue weighted by molar-refractivity contribution is -0.135. The summed E-state index contributed by atoms with van der Waals surface area (Å²) < 4.78 is 0. The molecule has 0 saturated carbocycles. The predicted octanol–water partition coefficient (Wildman–Crippen LogP) is -1.78. The van der Waals surface area contributed by atoms with Crippen LogP contribution in [-0.2, 0) is 14.4 Å². The third-order valence-corrected chi connectivity index (χ3v) is 0. The zero-order valence-electron chi connectivity index (χ0n) is 8.91. The Labute approximate surface area is 93.2 Å². The van der Waals surface area contributed by atoms with Gasteiger partial charge in [-0.1, -0.05) is 0 Å². The van der Waals surface area contributed by atoms with Gasteiger partial charge in [0.1, 0.15) is 0 Å². The molecule has 0 aromatic rings. The van der Waals surface area contributed by atoms with Gasteiger partial charge >= 0.3 is 9.53 Å². The average molecular weight is 259 g/mol. The Morgan fingerprint density at radius 3 is 0.688 bits per heavy atom. The molecule has 0 amide bonds. The van der Waals surface area contributed by atoms with Crippen molar-refractivity contribution in [2.75, 3.05) is 0 Å². The van der Waals surface area contributed by atoms with Gasteiger partial charge in [-0.05, 0) is 0 Å². The average Bonchev–Trinajstić information content (AvgIpc) is 1.76. The van der Waals surface area contributed by atoms with Crippen molar-refractivity contribution in [1.82, 2.24) is 0 Å². The molecule has 0 atom stereocenters. The Morgan fingerprint density at radius 2 is 0.688 bits per heavy atom. The summed E-state index contributed by atoms with van der Waals surface area (Å²) >= 11 is 0. The molecule has 0 aromatic heterocycles. The van der Waals surface area contributed by atoms with Crippen molar-refractivity contribution in [3.63, 3.8) is 0 Å². The van der Waals surface area contributed by atoms with Crippen molar-refractivity contribution in [3.05, 3.63) is 0 Å². The fourth-order valence-corrected chi connectivity index (χ4v) is 0. The molecule has 0 rings (SSSR count). The lowest BCUT2D eigenvalue weighted by atomic mass is 10.9. The summed E-state index contributed by atoms with van der Waals surface area (Å²) in [7, 11) is -2.88. The van der Waals surface area contributed by atoms with Crippen LogP contribution in [0.1, 0.15) is 20.8 Å². The maximum Gasteiger partial charge on any atom is 0.569 e. The highest BCUT2D eigenvalue weighted by atomic mass is 28.3. The van der Waals surface area contributed by atoms with E-state index in [1.807, 2.05) is 0 Å². The zero-order valence-corrected chi connectivity index (χ0v) is 9.91. The summed E-state index contributed by atoms with van der Waals surface area (Å²) in [6, 6.07) is 0. The van der Waals surface area contributed by atoms with Crippen molar-refractivity contribution < 1.29 is 44.1 Å². The highest BCUT2D eigenvalue weighted by Crippen LogP contribution is 1.42. The molecule has 0 spiro atoms. The molecular formula is C6H15O9Si. The van der Waals surface area contributed by atoms with Crippen LogP contribution in [0.3, 0.4) is 0 Å². The molecular weight excluding hydrogens is 244 g/mol. The van der Waals surface area contributed by atoms with Crippen LogP contribution < -0.4 is 0 Å². The fraction of sp³-hybridized carbons (Fsp3) is 0.500. The molecule has 0 aliphatic rings. The van der Waals surface area contributed by atoms with Crippen molar-refractivity contribution in [2.45, 2.75) is 20.8 Å². The highest BCUT2D eigenvalue weighted by Gasteiger charge is 1.89. The number of aliphatic carboxylic acids is 3. The van der Waals surface area contributed by atoms with E-state index in [0.717, 1.165) is 20.8 Å². The first-order valence-corrected chi connectivity index (χ1v) is 4.80. The largest absolute Gasteiger partial charge is 0.569 e. The Balaban J connectivity index is -0.0000000600. The molecule has 0 aliphatic carbocycles. The molecule has 6 N–H and O–H groups in total. The van der Waals surface area contributed by atoms with Gasteiger partial charge < -0.3 is 29.7 Å². The predicted molar refractivity (Wildman–Crippen MR) is 52.3 cm³/mol. The van der Waals surface area contributed by atoms with Gasteiger partial charge in [-0.25, -0.2) is 0 Å². The molecule has 0 heterocycles.